The molecule has 2 N–H and O–H groups in total. The van der Waals surface area contributed by atoms with Gasteiger partial charge in [-0.15, -0.1) is 0 Å². The molecule has 1 amide bonds. The highest BCUT2D eigenvalue weighted by molar-refractivity contribution is 5.94. The molecule has 0 aliphatic carbocycles. The summed E-state index contributed by atoms with van der Waals surface area (Å²) in [5.74, 6) is -1.19. The lowest BCUT2D eigenvalue weighted by Gasteiger charge is -2.26. The predicted molar refractivity (Wildman–Crippen MR) is 116 cm³/mol. The molecule has 13 heteroatoms. The first-order valence-corrected chi connectivity index (χ1v) is 10.8. The number of amides is 1. The molecule has 0 unspecified atom stereocenters. The number of halogens is 3. The van der Waals surface area contributed by atoms with Gasteiger partial charge in [0.2, 0.25) is 0 Å². The van der Waals surface area contributed by atoms with Crippen LogP contribution < -0.4 is 14.8 Å². The maximum Gasteiger partial charge on any atom is 0.490 e. The Morgan fingerprint density at radius 2 is 1.89 bits per heavy atom. The molecule has 1 aromatic heterocycles. The highest BCUT2D eigenvalue weighted by atomic mass is 19.4. The minimum absolute atomic E-state index is 0.213. The molecule has 0 spiro atoms. The Morgan fingerprint density at radius 3 is 2.46 bits per heavy atom. The zero-order valence-corrected chi connectivity index (χ0v) is 19.4. The minimum Gasteiger partial charge on any atom is -0.493 e. The normalized spacial score (nSPS) is 14.0. The van der Waals surface area contributed by atoms with Gasteiger partial charge in [-0.25, -0.2) is 4.79 Å². The fourth-order valence-corrected chi connectivity index (χ4v) is 2.92. The summed E-state index contributed by atoms with van der Waals surface area (Å²) in [4.78, 5) is 23.7. The standard InChI is InChI=1S/C20H27N3O5.C2HF3O2/c1-3-16-13-17(28-22-16)14-21-20(24)15-4-5-18(25-2)19(12-15)27-11-8-23-6-9-26-10-7-23;3-2(4,5)1(6)7/h4-5,12-13H,3,6-11,14H2,1-2H3,(H,21,24);(H,6,7). The van der Waals surface area contributed by atoms with Crippen molar-refractivity contribution in [1.29, 1.82) is 0 Å². The quantitative estimate of drug-likeness (QED) is 0.531. The van der Waals surface area contributed by atoms with Gasteiger partial charge < -0.3 is 29.2 Å². The summed E-state index contributed by atoms with van der Waals surface area (Å²) in [6, 6.07) is 6.99. The first-order chi connectivity index (χ1) is 16.6. The summed E-state index contributed by atoms with van der Waals surface area (Å²) in [5.41, 5.74) is 1.36. The number of nitrogens with one attached hydrogen (secondary N) is 1. The lowest BCUT2D eigenvalue weighted by atomic mass is 10.2. The third-order valence-electron chi connectivity index (χ3n) is 4.83. The minimum atomic E-state index is -5.08. The van der Waals surface area contributed by atoms with Crippen molar-refractivity contribution < 1.29 is 46.6 Å². The SMILES string of the molecule is CCc1cc(CNC(=O)c2ccc(OC)c(OCCN3CCOCC3)c2)on1.O=C(O)C(F)(F)F. The van der Waals surface area contributed by atoms with E-state index in [1.54, 1.807) is 25.3 Å². The summed E-state index contributed by atoms with van der Waals surface area (Å²) in [6.45, 7) is 6.92. The van der Waals surface area contributed by atoms with Crippen molar-refractivity contribution in [3.8, 4) is 11.5 Å². The van der Waals surface area contributed by atoms with E-state index in [0.29, 0.717) is 29.4 Å². The number of benzene rings is 1. The van der Waals surface area contributed by atoms with Gasteiger partial charge in [0.05, 0.1) is 32.6 Å². The van der Waals surface area contributed by atoms with E-state index in [2.05, 4.69) is 15.4 Å². The third kappa shape index (κ3) is 9.45. The monoisotopic (exact) mass is 503 g/mol. The van der Waals surface area contributed by atoms with Gasteiger partial charge in [-0.2, -0.15) is 13.2 Å². The molecule has 3 rings (SSSR count). The second kappa shape index (κ2) is 13.5. The highest BCUT2D eigenvalue weighted by Crippen LogP contribution is 2.28. The number of aliphatic carboxylic acids is 1. The molecule has 2 heterocycles. The number of aryl methyl sites for hydroxylation is 1. The maximum atomic E-state index is 12.5. The summed E-state index contributed by atoms with van der Waals surface area (Å²) >= 11 is 0. The maximum absolute atomic E-state index is 12.5. The van der Waals surface area contributed by atoms with Crippen LogP contribution in [0.2, 0.25) is 0 Å². The fraction of sp³-hybridized carbons (Fsp3) is 0.500. The number of ether oxygens (including phenoxy) is 3. The molecule has 1 fully saturated rings. The molecule has 194 valence electrons. The van der Waals surface area contributed by atoms with Gasteiger partial charge in [0.25, 0.3) is 5.91 Å². The molecule has 1 aromatic carbocycles. The summed E-state index contributed by atoms with van der Waals surface area (Å²) in [6.07, 6.45) is -4.29. The zero-order valence-electron chi connectivity index (χ0n) is 19.4. The number of carbonyl (C=O) groups excluding carboxylic acids is 1. The molecule has 2 aromatic rings. The van der Waals surface area contributed by atoms with Crippen LogP contribution in [0.4, 0.5) is 13.2 Å². The Hall–Kier alpha value is -3.32. The molecular formula is C22H28F3N3O7. The first kappa shape index (κ1) is 27.9. The number of rotatable bonds is 9. The molecule has 10 nitrogen and oxygen atoms in total. The summed E-state index contributed by atoms with van der Waals surface area (Å²) in [5, 5.41) is 13.9. The Balaban J connectivity index is 0.000000540. The molecule has 0 atom stereocenters. The highest BCUT2D eigenvalue weighted by Gasteiger charge is 2.38. The van der Waals surface area contributed by atoms with Crippen molar-refractivity contribution >= 4 is 11.9 Å². The van der Waals surface area contributed by atoms with Gasteiger partial charge in [0, 0.05) is 31.3 Å². The van der Waals surface area contributed by atoms with Crippen LogP contribution in [0.25, 0.3) is 0 Å². The van der Waals surface area contributed by atoms with E-state index in [9.17, 15) is 18.0 Å². The number of hydrogen-bond donors (Lipinski definition) is 2. The average Bonchev–Trinajstić information content (AvgIpc) is 3.31. The number of aromatic nitrogens is 1. The van der Waals surface area contributed by atoms with Crippen molar-refractivity contribution in [1.82, 2.24) is 15.4 Å². The second-order valence-electron chi connectivity index (χ2n) is 7.29. The van der Waals surface area contributed by atoms with Crippen LogP contribution in [0, 0.1) is 0 Å². The van der Waals surface area contributed by atoms with Gasteiger partial charge in [-0.3, -0.25) is 9.69 Å². The van der Waals surface area contributed by atoms with E-state index in [0.717, 1.165) is 45.0 Å². The van der Waals surface area contributed by atoms with E-state index < -0.39 is 12.1 Å². The number of morpholine rings is 1. The third-order valence-corrected chi connectivity index (χ3v) is 4.83. The summed E-state index contributed by atoms with van der Waals surface area (Å²) in [7, 11) is 1.58. The number of alkyl halides is 3. The molecule has 1 aliphatic rings. The molecular weight excluding hydrogens is 475 g/mol. The molecule has 1 saturated heterocycles. The van der Waals surface area contributed by atoms with Crippen LogP contribution in [0.1, 0.15) is 28.7 Å². The number of carbonyl (C=O) groups is 2. The van der Waals surface area contributed by atoms with Crippen LogP contribution in [0.3, 0.4) is 0 Å². The van der Waals surface area contributed by atoms with Crippen molar-refractivity contribution in [2.24, 2.45) is 0 Å². The lowest BCUT2D eigenvalue weighted by Crippen LogP contribution is -2.38. The van der Waals surface area contributed by atoms with Gasteiger partial charge >= 0.3 is 12.1 Å². The average molecular weight is 503 g/mol. The van der Waals surface area contributed by atoms with Gasteiger partial charge in [-0.1, -0.05) is 12.1 Å². The Kier molecular flexibility index (Phi) is 10.8. The molecule has 0 bridgehead atoms. The molecule has 35 heavy (non-hydrogen) atoms. The van der Waals surface area contributed by atoms with E-state index in [1.165, 1.54) is 0 Å². The van der Waals surface area contributed by atoms with Crippen molar-refractivity contribution in [2.45, 2.75) is 26.1 Å². The molecule has 1 aliphatic heterocycles. The second-order valence-corrected chi connectivity index (χ2v) is 7.29. The molecule has 0 saturated carbocycles. The van der Waals surface area contributed by atoms with Gasteiger partial charge in [0.1, 0.15) is 6.61 Å². The predicted octanol–water partition coefficient (Wildman–Crippen LogP) is 2.52. The van der Waals surface area contributed by atoms with Crippen molar-refractivity contribution in [3.05, 3.63) is 41.3 Å². The van der Waals surface area contributed by atoms with Crippen molar-refractivity contribution in [3.63, 3.8) is 0 Å². The van der Waals surface area contributed by atoms with Crippen LogP contribution in [0.15, 0.2) is 28.8 Å². The van der Waals surface area contributed by atoms with Gasteiger partial charge in [0.15, 0.2) is 17.3 Å². The largest absolute Gasteiger partial charge is 0.493 e. The number of nitrogens with zero attached hydrogens (tertiary/aromatic N) is 2. The summed E-state index contributed by atoms with van der Waals surface area (Å²) < 4.78 is 53.5. The first-order valence-electron chi connectivity index (χ1n) is 10.8. The van der Waals surface area contributed by atoms with Crippen molar-refractivity contribution in [2.75, 3.05) is 46.6 Å². The molecule has 0 radical (unpaired) electrons. The van der Waals surface area contributed by atoms with Gasteiger partial charge in [-0.05, 0) is 24.6 Å². The van der Waals surface area contributed by atoms with E-state index in [-0.39, 0.29) is 12.5 Å². The van der Waals surface area contributed by atoms with Crippen LogP contribution in [-0.2, 0) is 22.5 Å². The van der Waals surface area contributed by atoms with E-state index in [1.807, 2.05) is 13.0 Å². The zero-order chi connectivity index (χ0) is 25.8. The Bertz CT molecular complexity index is 960. The number of hydrogen-bond acceptors (Lipinski definition) is 8. The van der Waals surface area contributed by atoms with Crippen LogP contribution in [0.5, 0.6) is 11.5 Å². The topological polar surface area (TPSA) is 123 Å². The number of carboxylic acids is 1. The number of methoxy groups -OCH3 is 1. The Labute approximate surface area is 199 Å². The van der Waals surface area contributed by atoms with Crippen LogP contribution in [-0.4, -0.2) is 79.8 Å². The fourth-order valence-electron chi connectivity index (χ4n) is 2.92. The van der Waals surface area contributed by atoms with Crippen LogP contribution >= 0.6 is 0 Å². The lowest BCUT2D eigenvalue weighted by molar-refractivity contribution is -0.192. The Morgan fingerprint density at radius 1 is 1.20 bits per heavy atom. The smallest absolute Gasteiger partial charge is 0.490 e. The number of carboxylic acid groups (broad SMARTS) is 1. The van der Waals surface area contributed by atoms with E-state index >= 15 is 0 Å². The van der Waals surface area contributed by atoms with E-state index in [4.69, 9.17) is 28.6 Å².